The minimum absolute atomic E-state index is 0.0115. The van der Waals surface area contributed by atoms with Crippen molar-refractivity contribution in [2.75, 3.05) is 0 Å². The fraction of sp³-hybridized carbons (Fsp3) is 0.333. The van der Waals surface area contributed by atoms with Crippen molar-refractivity contribution in [2.45, 2.75) is 44.4 Å². The van der Waals surface area contributed by atoms with E-state index in [0.29, 0.717) is 6.42 Å². The van der Waals surface area contributed by atoms with Crippen LogP contribution in [-0.4, -0.2) is 23.9 Å². The van der Waals surface area contributed by atoms with Gasteiger partial charge in [-0.25, -0.2) is 0 Å². The molecule has 0 aromatic heterocycles. The number of carbonyl (C=O) groups excluding carboxylic acids is 4. The van der Waals surface area contributed by atoms with Crippen molar-refractivity contribution in [3.63, 3.8) is 0 Å². The lowest BCUT2D eigenvalue weighted by Gasteiger charge is -2.30. The van der Waals surface area contributed by atoms with Crippen molar-refractivity contribution in [2.24, 2.45) is 23.7 Å². The minimum atomic E-state index is -0.776. The normalized spacial score (nSPS) is 25.2. The van der Waals surface area contributed by atoms with E-state index in [4.69, 9.17) is 9.47 Å². The maximum absolute atomic E-state index is 13.3. The molecular weight excluding hydrogens is 492 g/mol. The lowest BCUT2D eigenvalue weighted by Crippen LogP contribution is -2.31. The Morgan fingerprint density at radius 3 is 1.51 bits per heavy atom. The van der Waals surface area contributed by atoms with Gasteiger partial charge in [0.2, 0.25) is 0 Å². The van der Waals surface area contributed by atoms with Gasteiger partial charge < -0.3 is 9.47 Å². The molecule has 2 saturated heterocycles. The van der Waals surface area contributed by atoms with E-state index in [0.717, 1.165) is 16.7 Å². The van der Waals surface area contributed by atoms with Gasteiger partial charge in [0, 0.05) is 0 Å². The third-order valence-electron chi connectivity index (χ3n) is 8.43. The highest BCUT2D eigenvalue weighted by Gasteiger charge is 2.53. The van der Waals surface area contributed by atoms with Gasteiger partial charge in [-0.15, -0.1) is 0 Å². The van der Waals surface area contributed by atoms with Crippen LogP contribution in [0.1, 0.15) is 61.1 Å². The molecule has 0 spiro atoms. The Kier molecular flexibility index (Phi) is 7.73. The molecule has 3 aromatic carbocycles. The zero-order valence-electron chi connectivity index (χ0n) is 22.1. The summed E-state index contributed by atoms with van der Waals surface area (Å²) in [4.78, 5) is 52.3. The summed E-state index contributed by atoms with van der Waals surface area (Å²) in [6.07, 6.45) is 0.625. The molecule has 5 rings (SSSR count). The predicted molar refractivity (Wildman–Crippen MR) is 144 cm³/mol. The molecule has 0 amide bonds. The standard InChI is InChI=1S/C33H32O6/c1-20(22-12-6-3-7-13-22)18-26-29(33(37)39-30(26)34)25(24-16-10-5-11-17-24)19-27-28(32(36)38-31(27)35)21(2)23-14-8-4-9-15-23/h3-17,20-21,25-29H,18-19H2,1-2H3. The van der Waals surface area contributed by atoms with E-state index in [9.17, 15) is 19.2 Å². The molecule has 2 aliphatic heterocycles. The van der Waals surface area contributed by atoms with Gasteiger partial charge >= 0.3 is 23.9 Å². The van der Waals surface area contributed by atoms with Crippen LogP contribution in [0.4, 0.5) is 0 Å². The molecule has 2 aliphatic rings. The van der Waals surface area contributed by atoms with Crippen LogP contribution in [0.5, 0.6) is 0 Å². The first kappa shape index (κ1) is 26.5. The van der Waals surface area contributed by atoms with E-state index in [1.807, 2.05) is 105 Å². The van der Waals surface area contributed by atoms with Gasteiger partial charge in [-0.1, -0.05) is 105 Å². The summed E-state index contributed by atoms with van der Waals surface area (Å²) in [5.41, 5.74) is 2.83. The molecule has 0 aliphatic carbocycles. The lowest BCUT2D eigenvalue weighted by molar-refractivity contribution is -0.156. The van der Waals surface area contributed by atoms with Crippen molar-refractivity contribution in [1.29, 1.82) is 0 Å². The van der Waals surface area contributed by atoms with Gasteiger partial charge in [0.1, 0.15) is 0 Å². The van der Waals surface area contributed by atoms with Crippen LogP contribution in [0.25, 0.3) is 0 Å². The summed E-state index contributed by atoms with van der Waals surface area (Å²) >= 11 is 0. The molecule has 0 radical (unpaired) electrons. The molecular formula is C33H32O6. The van der Waals surface area contributed by atoms with Crippen molar-refractivity contribution in [3.8, 4) is 0 Å². The van der Waals surface area contributed by atoms with Crippen LogP contribution in [0.15, 0.2) is 91.0 Å². The molecule has 0 saturated carbocycles. The van der Waals surface area contributed by atoms with E-state index in [-0.39, 0.29) is 18.3 Å². The highest BCUT2D eigenvalue weighted by molar-refractivity contribution is 5.98. The van der Waals surface area contributed by atoms with E-state index >= 15 is 0 Å². The van der Waals surface area contributed by atoms with Gasteiger partial charge in [0.15, 0.2) is 0 Å². The SMILES string of the molecule is CC(CC1C(=O)OC(=O)C1C(CC1C(=O)OC(=O)C1C(C)c1ccccc1)c1ccccc1)c1ccccc1. The second-order valence-electron chi connectivity index (χ2n) is 10.7. The molecule has 0 bridgehead atoms. The summed E-state index contributed by atoms with van der Waals surface area (Å²) in [5.74, 6) is -5.90. The molecule has 0 N–H and O–H groups in total. The molecule has 3 aromatic rings. The van der Waals surface area contributed by atoms with Crippen molar-refractivity contribution in [1.82, 2.24) is 0 Å². The Morgan fingerprint density at radius 1 is 0.538 bits per heavy atom. The Labute approximate surface area is 228 Å². The maximum Gasteiger partial charge on any atom is 0.318 e. The number of ether oxygens (including phenoxy) is 2. The first-order valence-electron chi connectivity index (χ1n) is 13.5. The Bertz CT molecular complexity index is 1340. The van der Waals surface area contributed by atoms with Gasteiger partial charge in [0.25, 0.3) is 0 Å². The van der Waals surface area contributed by atoms with Gasteiger partial charge in [-0.05, 0) is 47.3 Å². The van der Waals surface area contributed by atoms with Crippen LogP contribution in [0.2, 0.25) is 0 Å². The quantitative estimate of drug-likeness (QED) is 0.260. The summed E-state index contributed by atoms with van der Waals surface area (Å²) < 4.78 is 10.4. The highest BCUT2D eigenvalue weighted by atomic mass is 16.6. The number of benzene rings is 3. The van der Waals surface area contributed by atoms with E-state index in [2.05, 4.69) is 0 Å². The predicted octanol–water partition coefficient (Wildman–Crippen LogP) is 5.79. The minimum Gasteiger partial charge on any atom is -0.393 e. The fourth-order valence-electron chi connectivity index (χ4n) is 6.32. The number of hydrogen-bond acceptors (Lipinski definition) is 6. The van der Waals surface area contributed by atoms with E-state index < -0.39 is 53.5 Å². The molecule has 2 heterocycles. The lowest BCUT2D eigenvalue weighted by atomic mass is 9.69. The first-order chi connectivity index (χ1) is 18.8. The largest absolute Gasteiger partial charge is 0.393 e. The van der Waals surface area contributed by atoms with E-state index in [1.165, 1.54) is 0 Å². The molecule has 6 nitrogen and oxygen atoms in total. The number of cyclic esters (lactones) is 4. The fourth-order valence-corrected chi connectivity index (χ4v) is 6.32. The monoisotopic (exact) mass is 524 g/mol. The number of esters is 4. The van der Waals surface area contributed by atoms with E-state index in [1.54, 1.807) is 0 Å². The Morgan fingerprint density at radius 2 is 0.974 bits per heavy atom. The first-order valence-corrected chi connectivity index (χ1v) is 13.5. The third kappa shape index (κ3) is 5.42. The second-order valence-corrected chi connectivity index (χ2v) is 10.7. The van der Waals surface area contributed by atoms with Crippen LogP contribution in [0.3, 0.4) is 0 Å². The smallest absolute Gasteiger partial charge is 0.318 e. The average molecular weight is 525 g/mol. The topological polar surface area (TPSA) is 86.7 Å². The Balaban J connectivity index is 1.49. The molecule has 7 atom stereocenters. The molecule has 7 unspecified atom stereocenters. The van der Waals surface area contributed by atoms with Crippen molar-refractivity contribution < 1.29 is 28.7 Å². The highest BCUT2D eigenvalue weighted by Crippen LogP contribution is 2.47. The number of rotatable bonds is 9. The van der Waals surface area contributed by atoms with Gasteiger partial charge in [0.05, 0.1) is 23.7 Å². The summed E-state index contributed by atoms with van der Waals surface area (Å²) in [7, 11) is 0. The number of hydrogen-bond donors (Lipinski definition) is 0. The third-order valence-corrected chi connectivity index (χ3v) is 8.43. The number of carbonyl (C=O) groups is 4. The molecule has 6 heteroatoms. The van der Waals surface area contributed by atoms with Crippen LogP contribution >= 0.6 is 0 Å². The summed E-state index contributed by atoms with van der Waals surface area (Å²) in [5, 5.41) is 0. The molecule has 39 heavy (non-hydrogen) atoms. The zero-order valence-corrected chi connectivity index (χ0v) is 22.1. The molecule has 2 fully saturated rings. The summed E-state index contributed by atoms with van der Waals surface area (Å²) in [6, 6.07) is 28.8. The Hall–Kier alpha value is -4.06. The van der Waals surface area contributed by atoms with Crippen molar-refractivity contribution >= 4 is 23.9 Å². The average Bonchev–Trinajstić information content (AvgIpc) is 3.40. The van der Waals surface area contributed by atoms with Gasteiger partial charge in [-0.2, -0.15) is 0 Å². The van der Waals surface area contributed by atoms with Crippen LogP contribution in [-0.2, 0) is 28.7 Å². The second kappa shape index (κ2) is 11.4. The van der Waals surface area contributed by atoms with Crippen LogP contribution in [0, 0.1) is 23.7 Å². The van der Waals surface area contributed by atoms with Crippen LogP contribution < -0.4 is 0 Å². The zero-order chi connectivity index (χ0) is 27.5. The van der Waals surface area contributed by atoms with Crippen molar-refractivity contribution in [3.05, 3.63) is 108 Å². The maximum atomic E-state index is 13.3. The summed E-state index contributed by atoms with van der Waals surface area (Å²) in [6.45, 7) is 3.95. The molecule has 200 valence electrons. The van der Waals surface area contributed by atoms with Gasteiger partial charge in [-0.3, -0.25) is 19.2 Å².